The molecule has 0 spiro atoms. The Hall–Kier alpha value is -3.02. The average molecular weight is 350 g/mol. The minimum absolute atomic E-state index is 0.0638. The third-order valence-corrected chi connectivity index (χ3v) is 4.72. The summed E-state index contributed by atoms with van der Waals surface area (Å²) < 4.78 is 5.69. The van der Waals surface area contributed by atoms with Gasteiger partial charge in [0.05, 0.1) is 23.9 Å². The highest BCUT2D eigenvalue weighted by atomic mass is 16.5. The van der Waals surface area contributed by atoms with E-state index in [1.54, 1.807) is 6.20 Å². The Kier molecular flexibility index (Phi) is 4.03. The molecule has 1 aromatic carbocycles. The molecule has 3 aromatic rings. The zero-order chi connectivity index (χ0) is 18.3. The van der Waals surface area contributed by atoms with Crippen LogP contribution in [0.2, 0.25) is 0 Å². The van der Waals surface area contributed by atoms with E-state index in [0.717, 1.165) is 40.1 Å². The maximum Gasteiger partial charge on any atom is 0.255 e. The molecule has 26 heavy (non-hydrogen) atoms. The zero-order valence-corrected chi connectivity index (χ0v) is 15.2. The lowest BCUT2D eigenvalue weighted by Crippen LogP contribution is -2.33. The van der Waals surface area contributed by atoms with Gasteiger partial charge in [-0.05, 0) is 19.1 Å². The number of aromatic nitrogens is 2. The number of carbonyl (C=O) groups excluding carboxylic acids is 1. The van der Waals surface area contributed by atoms with Crippen molar-refractivity contribution in [3.05, 3.63) is 53.3 Å². The van der Waals surface area contributed by atoms with E-state index >= 15 is 0 Å². The number of hydrogen-bond donors (Lipinski definition) is 2. The Labute approximate surface area is 152 Å². The molecule has 1 aliphatic rings. The van der Waals surface area contributed by atoms with Gasteiger partial charge in [0.1, 0.15) is 11.4 Å². The van der Waals surface area contributed by atoms with E-state index in [4.69, 9.17) is 4.74 Å². The van der Waals surface area contributed by atoms with E-state index < -0.39 is 0 Å². The fraction of sp³-hybridized carbons (Fsp3) is 0.300. The van der Waals surface area contributed by atoms with Gasteiger partial charge in [0.15, 0.2) is 0 Å². The van der Waals surface area contributed by atoms with Crippen LogP contribution in [0, 0.1) is 6.92 Å². The Morgan fingerprint density at radius 3 is 2.96 bits per heavy atom. The van der Waals surface area contributed by atoms with E-state index in [1.807, 2.05) is 56.3 Å². The lowest BCUT2D eigenvalue weighted by Gasteiger charge is -2.27. The van der Waals surface area contributed by atoms with Crippen LogP contribution >= 0.6 is 0 Å². The SMILES string of the molecule is Cc1cc2c(N(C)C)c(C(=O)NC3CCOc4ccccc43)cnc2[nH]1. The molecule has 1 unspecified atom stereocenters. The standard InChI is InChI=1S/C20H22N4O2/c1-12-10-14-18(24(2)3)15(11-21-19(14)22-12)20(25)23-16-8-9-26-17-7-5-4-6-13(16)17/h4-7,10-11,16H,8-9H2,1-3H3,(H,21,22)(H,23,25). The molecule has 2 N–H and O–H groups in total. The second kappa shape index (κ2) is 6.37. The monoisotopic (exact) mass is 350 g/mol. The molecule has 2 aromatic heterocycles. The van der Waals surface area contributed by atoms with Crippen LogP contribution in [0.15, 0.2) is 36.5 Å². The number of benzene rings is 1. The van der Waals surface area contributed by atoms with Crippen LogP contribution in [0.1, 0.15) is 34.1 Å². The van der Waals surface area contributed by atoms with Crippen LogP contribution in [0.3, 0.4) is 0 Å². The van der Waals surface area contributed by atoms with Crippen LogP contribution in [-0.4, -0.2) is 36.6 Å². The first-order valence-corrected chi connectivity index (χ1v) is 8.73. The molecule has 1 amide bonds. The number of rotatable bonds is 3. The molecule has 0 fully saturated rings. The number of nitrogens with one attached hydrogen (secondary N) is 2. The van der Waals surface area contributed by atoms with Crippen molar-refractivity contribution in [1.29, 1.82) is 0 Å². The molecule has 3 heterocycles. The Balaban J connectivity index is 1.70. The molecular formula is C20H22N4O2. The summed E-state index contributed by atoms with van der Waals surface area (Å²) in [6.07, 6.45) is 2.40. The first kappa shape index (κ1) is 16.4. The topological polar surface area (TPSA) is 70.2 Å². The van der Waals surface area contributed by atoms with Gasteiger partial charge in [-0.25, -0.2) is 4.98 Å². The van der Waals surface area contributed by atoms with Crippen molar-refractivity contribution in [2.75, 3.05) is 25.6 Å². The summed E-state index contributed by atoms with van der Waals surface area (Å²) in [5, 5.41) is 4.11. The number of para-hydroxylation sites is 1. The summed E-state index contributed by atoms with van der Waals surface area (Å²) in [4.78, 5) is 22.7. The minimum atomic E-state index is -0.122. The van der Waals surface area contributed by atoms with Crippen LogP contribution in [-0.2, 0) is 0 Å². The molecule has 0 aliphatic carbocycles. The Bertz CT molecular complexity index is 977. The van der Waals surface area contributed by atoms with Gasteiger partial charge in [0.25, 0.3) is 5.91 Å². The quantitative estimate of drug-likeness (QED) is 0.761. The fourth-order valence-electron chi connectivity index (χ4n) is 3.57. The van der Waals surface area contributed by atoms with Crippen LogP contribution in [0.25, 0.3) is 11.0 Å². The van der Waals surface area contributed by atoms with E-state index in [2.05, 4.69) is 15.3 Å². The summed E-state index contributed by atoms with van der Waals surface area (Å²) in [5.74, 6) is 0.718. The number of anilines is 1. The van der Waals surface area contributed by atoms with Gasteiger partial charge in [-0.1, -0.05) is 18.2 Å². The van der Waals surface area contributed by atoms with Crippen molar-refractivity contribution in [2.24, 2.45) is 0 Å². The molecule has 0 bridgehead atoms. The number of H-pyrrole nitrogens is 1. The molecule has 6 heteroatoms. The highest BCUT2D eigenvalue weighted by Crippen LogP contribution is 2.33. The van der Waals surface area contributed by atoms with Gasteiger partial charge in [-0.15, -0.1) is 0 Å². The lowest BCUT2D eigenvalue weighted by atomic mass is 10.00. The molecule has 6 nitrogen and oxygen atoms in total. The summed E-state index contributed by atoms with van der Waals surface area (Å²) in [6.45, 7) is 2.58. The normalized spacial score (nSPS) is 16.0. The van der Waals surface area contributed by atoms with E-state index in [9.17, 15) is 4.79 Å². The largest absolute Gasteiger partial charge is 0.493 e. The third-order valence-electron chi connectivity index (χ3n) is 4.72. The molecule has 134 valence electrons. The van der Waals surface area contributed by atoms with Crippen molar-refractivity contribution in [3.63, 3.8) is 0 Å². The van der Waals surface area contributed by atoms with Crippen molar-refractivity contribution >= 4 is 22.6 Å². The van der Waals surface area contributed by atoms with Gasteiger partial charge >= 0.3 is 0 Å². The number of aromatic amines is 1. The Morgan fingerprint density at radius 2 is 2.15 bits per heavy atom. The zero-order valence-electron chi connectivity index (χ0n) is 15.2. The van der Waals surface area contributed by atoms with Gasteiger partial charge in [0.2, 0.25) is 0 Å². The number of pyridine rings is 1. The average Bonchev–Trinajstić information content (AvgIpc) is 3.01. The van der Waals surface area contributed by atoms with Crippen LogP contribution in [0.4, 0.5) is 5.69 Å². The number of fused-ring (bicyclic) bond motifs is 2. The summed E-state index contributed by atoms with van der Waals surface area (Å²) in [6, 6.07) is 9.82. The van der Waals surface area contributed by atoms with E-state index in [1.165, 1.54) is 0 Å². The molecular weight excluding hydrogens is 328 g/mol. The second-order valence-electron chi connectivity index (χ2n) is 6.83. The van der Waals surface area contributed by atoms with Crippen molar-refractivity contribution in [2.45, 2.75) is 19.4 Å². The van der Waals surface area contributed by atoms with Gasteiger partial charge in [0, 0.05) is 43.4 Å². The molecule has 0 radical (unpaired) electrons. The highest BCUT2D eigenvalue weighted by Gasteiger charge is 2.25. The summed E-state index contributed by atoms with van der Waals surface area (Å²) >= 11 is 0. The van der Waals surface area contributed by atoms with Gasteiger partial charge in [-0.3, -0.25) is 4.79 Å². The number of ether oxygens (including phenoxy) is 1. The molecule has 1 atom stereocenters. The van der Waals surface area contributed by atoms with Crippen molar-refractivity contribution < 1.29 is 9.53 Å². The molecule has 0 saturated carbocycles. The first-order valence-electron chi connectivity index (χ1n) is 8.73. The van der Waals surface area contributed by atoms with Crippen molar-refractivity contribution in [3.8, 4) is 5.75 Å². The van der Waals surface area contributed by atoms with E-state index in [-0.39, 0.29) is 11.9 Å². The molecule has 0 saturated heterocycles. The van der Waals surface area contributed by atoms with Crippen LogP contribution in [0.5, 0.6) is 5.75 Å². The summed E-state index contributed by atoms with van der Waals surface area (Å²) in [5.41, 5.74) is 4.28. The minimum Gasteiger partial charge on any atom is -0.493 e. The summed E-state index contributed by atoms with van der Waals surface area (Å²) in [7, 11) is 3.88. The lowest BCUT2D eigenvalue weighted by molar-refractivity contribution is 0.0925. The Morgan fingerprint density at radius 1 is 1.35 bits per heavy atom. The number of hydrogen-bond acceptors (Lipinski definition) is 4. The highest BCUT2D eigenvalue weighted by molar-refractivity contribution is 6.07. The van der Waals surface area contributed by atoms with Crippen LogP contribution < -0.4 is 15.0 Å². The first-order chi connectivity index (χ1) is 12.5. The van der Waals surface area contributed by atoms with Gasteiger partial charge in [-0.2, -0.15) is 0 Å². The number of nitrogens with zero attached hydrogens (tertiary/aromatic N) is 2. The number of carbonyl (C=O) groups is 1. The predicted molar refractivity (Wildman–Crippen MR) is 102 cm³/mol. The van der Waals surface area contributed by atoms with Crippen molar-refractivity contribution in [1.82, 2.24) is 15.3 Å². The number of amides is 1. The number of aryl methyl sites for hydroxylation is 1. The van der Waals surface area contributed by atoms with E-state index in [0.29, 0.717) is 12.2 Å². The maximum atomic E-state index is 13.1. The molecule has 1 aliphatic heterocycles. The molecule has 4 rings (SSSR count). The predicted octanol–water partition coefficient (Wildman–Crippen LogP) is 3.19. The second-order valence-corrected chi connectivity index (χ2v) is 6.83. The third kappa shape index (κ3) is 2.77. The van der Waals surface area contributed by atoms with Gasteiger partial charge < -0.3 is 19.9 Å². The smallest absolute Gasteiger partial charge is 0.255 e. The maximum absolute atomic E-state index is 13.1. The fourth-order valence-corrected chi connectivity index (χ4v) is 3.57.